The molecule has 128 valence electrons. The quantitative estimate of drug-likeness (QED) is 0.778. The molecule has 0 saturated heterocycles. The van der Waals surface area contributed by atoms with Crippen molar-refractivity contribution < 1.29 is 4.42 Å². The zero-order valence-electron chi connectivity index (χ0n) is 14.9. The van der Waals surface area contributed by atoms with Gasteiger partial charge in [-0.1, -0.05) is 30.3 Å². The van der Waals surface area contributed by atoms with Gasteiger partial charge in [-0.2, -0.15) is 0 Å². The molecule has 1 saturated carbocycles. The molecule has 1 aliphatic heterocycles. The summed E-state index contributed by atoms with van der Waals surface area (Å²) in [7, 11) is 4.30. The molecule has 0 radical (unpaired) electrons. The van der Waals surface area contributed by atoms with Crippen molar-refractivity contribution in [3.8, 4) is 0 Å². The smallest absolute Gasteiger partial charge is 0.134 e. The highest BCUT2D eigenvalue weighted by molar-refractivity contribution is 5.78. The molecule has 1 N–H and O–H groups in total. The fraction of sp³-hybridized carbons (Fsp3) is 0.364. The lowest BCUT2D eigenvalue weighted by molar-refractivity contribution is 0.295. The number of nitrogens with zero attached hydrogens (tertiary/aromatic N) is 1. The van der Waals surface area contributed by atoms with Gasteiger partial charge in [0.05, 0.1) is 6.26 Å². The van der Waals surface area contributed by atoms with E-state index in [9.17, 15) is 0 Å². The number of benzene rings is 2. The van der Waals surface area contributed by atoms with E-state index in [-0.39, 0.29) is 5.54 Å². The first-order valence-corrected chi connectivity index (χ1v) is 9.16. The van der Waals surface area contributed by atoms with Crippen molar-refractivity contribution in [2.75, 3.05) is 20.6 Å². The SMILES string of the molecule is CNC1(c2ccc3c(c2)CN(C)CC3c2ccc3ccoc3c2)CC1. The Balaban J connectivity index is 1.58. The predicted octanol–water partition coefficient (Wildman–Crippen LogP) is 4.22. The van der Waals surface area contributed by atoms with Gasteiger partial charge in [-0.15, -0.1) is 0 Å². The van der Waals surface area contributed by atoms with Crippen LogP contribution in [0.3, 0.4) is 0 Å². The molecular formula is C22H24N2O. The Labute approximate surface area is 148 Å². The first kappa shape index (κ1) is 15.2. The molecule has 3 aromatic rings. The van der Waals surface area contributed by atoms with Gasteiger partial charge < -0.3 is 14.6 Å². The van der Waals surface area contributed by atoms with Crippen molar-refractivity contribution >= 4 is 11.0 Å². The fourth-order valence-electron chi connectivity index (χ4n) is 4.43. The number of fused-ring (bicyclic) bond motifs is 2. The molecule has 0 bridgehead atoms. The van der Waals surface area contributed by atoms with E-state index < -0.39 is 0 Å². The van der Waals surface area contributed by atoms with E-state index in [1.165, 1.54) is 40.5 Å². The lowest BCUT2D eigenvalue weighted by Gasteiger charge is -2.33. The minimum Gasteiger partial charge on any atom is -0.464 e. The Kier molecular flexibility index (Phi) is 3.31. The normalized spacial score (nSPS) is 22.1. The standard InChI is InChI=1S/C22H24N2O/c1-23-22(8-9-22)18-5-6-19-17(11-18)13-24(2)14-20(19)16-4-3-15-7-10-25-21(15)12-16/h3-7,10-12,20,23H,8-9,13-14H2,1-2H3. The van der Waals surface area contributed by atoms with Gasteiger partial charge in [0, 0.05) is 29.9 Å². The molecule has 2 aliphatic rings. The average molecular weight is 332 g/mol. The van der Waals surface area contributed by atoms with E-state index in [4.69, 9.17) is 4.42 Å². The van der Waals surface area contributed by atoms with Gasteiger partial charge in [0.15, 0.2) is 0 Å². The maximum Gasteiger partial charge on any atom is 0.134 e. The van der Waals surface area contributed by atoms with Crippen LogP contribution in [0.1, 0.15) is 41.0 Å². The zero-order valence-corrected chi connectivity index (χ0v) is 14.9. The van der Waals surface area contributed by atoms with Crippen LogP contribution in [0.5, 0.6) is 0 Å². The average Bonchev–Trinajstić information content (AvgIpc) is 3.30. The fourth-order valence-corrected chi connectivity index (χ4v) is 4.43. The Morgan fingerprint density at radius 2 is 2.00 bits per heavy atom. The molecule has 3 heteroatoms. The van der Waals surface area contributed by atoms with Gasteiger partial charge in [0.25, 0.3) is 0 Å². The molecular weight excluding hydrogens is 308 g/mol. The highest BCUT2D eigenvalue weighted by Gasteiger charge is 2.43. The number of rotatable bonds is 3. The molecule has 2 aromatic carbocycles. The molecule has 3 nitrogen and oxygen atoms in total. The Hall–Kier alpha value is -2.10. The Bertz CT molecular complexity index is 938. The molecule has 1 aliphatic carbocycles. The Morgan fingerprint density at radius 1 is 1.12 bits per heavy atom. The largest absolute Gasteiger partial charge is 0.464 e. The maximum atomic E-state index is 5.63. The summed E-state index contributed by atoms with van der Waals surface area (Å²) in [4.78, 5) is 2.43. The second kappa shape index (κ2) is 5.45. The summed E-state index contributed by atoms with van der Waals surface area (Å²) in [6.07, 6.45) is 4.27. The maximum absolute atomic E-state index is 5.63. The highest BCUT2D eigenvalue weighted by atomic mass is 16.3. The topological polar surface area (TPSA) is 28.4 Å². The van der Waals surface area contributed by atoms with E-state index >= 15 is 0 Å². The van der Waals surface area contributed by atoms with E-state index in [2.05, 4.69) is 60.7 Å². The monoisotopic (exact) mass is 332 g/mol. The van der Waals surface area contributed by atoms with Crippen LogP contribution in [0.2, 0.25) is 0 Å². The number of nitrogens with one attached hydrogen (secondary N) is 1. The van der Waals surface area contributed by atoms with Crippen LogP contribution in [0.4, 0.5) is 0 Å². The summed E-state index contributed by atoms with van der Waals surface area (Å²) in [5, 5.41) is 4.70. The first-order chi connectivity index (χ1) is 12.2. The van der Waals surface area contributed by atoms with Crippen molar-refractivity contribution in [1.29, 1.82) is 0 Å². The summed E-state index contributed by atoms with van der Waals surface area (Å²) in [6, 6.07) is 15.8. The van der Waals surface area contributed by atoms with E-state index in [1.807, 2.05) is 6.07 Å². The van der Waals surface area contributed by atoms with Gasteiger partial charge in [0.2, 0.25) is 0 Å². The van der Waals surface area contributed by atoms with Crippen LogP contribution in [0.15, 0.2) is 53.1 Å². The third kappa shape index (κ3) is 2.42. The third-order valence-corrected chi connectivity index (χ3v) is 6.12. The predicted molar refractivity (Wildman–Crippen MR) is 101 cm³/mol. The molecule has 0 amide bonds. The molecule has 1 fully saturated rings. The van der Waals surface area contributed by atoms with Crippen LogP contribution in [-0.2, 0) is 12.1 Å². The molecule has 1 aromatic heterocycles. The molecule has 1 atom stereocenters. The van der Waals surface area contributed by atoms with Crippen molar-refractivity contribution in [2.45, 2.75) is 30.8 Å². The Morgan fingerprint density at radius 3 is 2.80 bits per heavy atom. The zero-order chi connectivity index (χ0) is 17.0. The molecule has 1 unspecified atom stereocenters. The molecule has 2 heterocycles. The van der Waals surface area contributed by atoms with Gasteiger partial charge in [-0.3, -0.25) is 0 Å². The second-order valence-electron chi connectivity index (χ2n) is 7.71. The van der Waals surface area contributed by atoms with Crippen molar-refractivity contribution in [3.63, 3.8) is 0 Å². The van der Waals surface area contributed by atoms with Crippen LogP contribution in [0.25, 0.3) is 11.0 Å². The number of furan rings is 1. The van der Waals surface area contributed by atoms with Crippen molar-refractivity contribution in [3.05, 3.63) is 71.0 Å². The van der Waals surface area contributed by atoms with Gasteiger partial charge in [-0.25, -0.2) is 0 Å². The van der Waals surface area contributed by atoms with Crippen LogP contribution in [0, 0.1) is 0 Å². The molecule has 0 spiro atoms. The van der Waals surface area contributed by atoms with Gasteiger partial charge >= 0.3 is 0 Å². The number of hydrogen-bond donors (Lipinski definition) is 1. The van der Waals surface area contributed by atoms with Crippen molar-refractivity contribution in [2.24, 2.45) is 0 Å². The van der Waals surface area contributed by atoms with Crippen LogP contribution in [-0.4, -0.2) is 25.5 Å². The summed E-state index contributed by atoms with van der Waals surface area (Å²) >= 11 is 0. The molecule has 25 heavy (non-hydrogen) atoms. The lowest BCUT2D eigenvalue weighted by atomic mass is 9.83. The summed E-state index contributed by atoms with van der Waals surface area (Å²) in [5.41, 5.74) is 6.95. The highest BCUT2D eigenvalue weighted by Crippen LogP contribution is 2.46. The minimum atomic E-state index is 0.230. The molecule has 5 rings (SSSR count). The van der Waals surface area contributed by atoms with Gasteiger partial charge in [-0.05, 0) is 61.3 Å². The van der Waals surface area contributed by atoms with Gasteiger partial charge in [0.1, 0.15) is 5.58 Å². The minimum absolute atomic E-state index is 0.230. The van der Waals surface area contributed by atoms with E-state index in [0.717, 1.165) is 18.7 Å². The number of hydrogen-bond acceptors (Lipinski definition) is 3. The van der Waals surface area contributed by atoms with E-state index in [0.29, 0.717) is 5.92 Å². The first-order valence-electron chi connectivity index (χ1n) is 9.16. The van der Waals surface area contributed by atoms with Crippen molar-refractivity contribution in [1.82, 2.24) is 10.2 Å². The second-order valence-corrected chi connectivity index (χ2v) is 7.71. The van der Waals surface area contributed by atoms with Crippen LogP contribution >= 0.6 is 0 Å². The summed E-state index contributed by atoms with van der Waals surface area (Å²) in [6.45, 7) is 2.08. The number of likely N-dealkylation sites (N-methyl/N-ethyl adjacent to an activating group) is 1. The summed E-state index contributed by atoms with van der Waals surface area (Å²) in [5.74, 6) is 0.405. The van der Waals surface area contributed by atoms with E-state index in [1.54, 1.807) is 6.26 Å². The summed E-state index contributed by atoms with van der Waals surface area (Å²) < 4.78 is 5.63. The van der Waals surface area contributed by atoms with Crippen LogP contribution < -0.4 is 5.32 Å². The lowest BCUT2D eigenvalue weighted by Crippen LogP contribution is -2.32. The third-order valence-electron chi connectivity index (χ3n) is 6.12.